The van der Waals surface area contributed by atoms with E-state index >= 15 is 0 Å². The van der Waals surface area contributed by atoms with Gasteiger partial charge in [0.1, 0.15) is 12.0 Å². The first-order chi connectivity index (χ1) is 31.4. The topological polar surface area (TPSA) is 199 Å². The minimum atomic E-state index is -1.45. The Balaban J connectivity index is 0.000000180. The van der Waals surface area contributed by atoms with Gasteiger partial charge >= 0.3 is 0 Å². The van der Waals surface area contributed by atoms with Gasteiger partial charge in [0.25, 0.3) is 17.7 Å². The summed E-state index contributed by atoms with van der Waals surface area (Å²) in [6.45, 7) is 0. The summed E-state index contributed by atoms with van der Waals surface area (Å²) in [6, 6.07) is 47.1. The molecule has 2 aliphatic rings. The maximum atomic E-state index is 12.8. The highest BCUT2D eigenvalue weighted by Crippen LogP contribution is 2.34. The highest BCUT2D eigenvalue weighted by Gasteiger charge is 2.49. The summed E-state index contributed by atoms with van der Waals surface area (Å²) < 4.78 is 5.01. The van der Waals surface area contributed by atoms with Gasteiger partial charge in [-0.2, -0.15) is 0 Å². The fourth-order valence-electron chi connectivity index (χ4n) is 6.16. The molecule has 1 saturated carbocycles. The molecule has 6 aromatic carbocycles. The van der Waals surface area contributed by atoms with Crippen LogP contribution in [0.4, 0.5) is 17.1 Å². The number of nitrogens with two attached hydrogens (primary N) is 1. The zero-order chi connectivity index (χ0) is 46.7. The Kier molecular flexibility index (Phi) is 17.7. The van der Waals surface area contributed by atoms with Crippen molar-refractivity contribution in [2.24, 2.45) is 5.92 Å². The smallest absolute Gasteiger partial charge is 0.262 e. The van der Waals surface area contributed by atoms with Crippen LogP contribution in [-0.2, 0) is 19.2 Å². The van der Waals surface area contributed by atoms with Crippen LogP contribution >= 0.6 is 11.6 Å². The van der Waals surface area contributed by atoms with E-state index in [4.69, 9.17) is 22.1 Å². The maximum Gasteiger partial charge on any atom is 0.262 e. The van der Waals surface area contributed by atoms with E-state index < -0.39 is 40.8 Å². The summed E-state index contributed by atoms with van der Waals surface area (Å²) in [6.07, 6.45) is 1.95. The number of carbonyl (C=O) groups excluding carboxylic acids is 8. The Morgan fingerprint density at radius 1 is 0.646 bits per heavy atom. The van der Waals surface area contributed by atoms with E-state index in [1.807, 2.05) is 42.5 Å². The molecule has 0 radical (unpaired) electrons. The van der Waals surface area contributed by atoms with E-state index in [9.17, 15) is 38.4 Å². The second kappa shape index (κ2) is 24.0. The van der Waals surface area contributed by atoms with E-state index in [0.717, 1.165) is 10.6 Å². The van der Waals surface area contributed by atoms with E-state index in [0.29, 0.717) is 47.4 Å². The number of alkyl halides is 1. The number of hydrogen-bond donors (Lipinski definition) is 3. The average Bonchev–Trinajstić information content (AvgIpc) is 4.17. The number of Topliss-reactive ketones (excluding diaryl/α,β-unsaturated/α-hetero) is 3. The van der Waals surface area contributed by atoms with Crippen LogP contribution in [0.25, 0.3) is 0 Å². The largest absolute Gasteiger partial charge is 0.497 e. The van der Waals surface area contributed by atoms with Crippen LogP contribution in [-0.4, -0.2) is 70.7 Å². The summed E-state index contributed by atoms with van der Waals surface area (Å²) in [5.41, 5.74) is 8.67. The first kappa shape index (κ1) is 48.0. The number of amides is 4. The van der Waals surface area contributed by atoms with Crippen LogP contribution < -0.4 is 21.1 Å². The van der Waals surface area contributed by atoms with Crippen LogP contribution in [0.3, 0.4) is 0 Å². The molecule has 0 saturated heterocycles. The summed E-state index contributed by atoms with van der Waals surface area (Å²) in [4.78, 5) is 96.9. The van der Waals surface area contributed by atoms with Crippen molar-refractivity contribution in [2.75, 3.05) is 23.5 Å². The molecule has 0 spiro atoms. The molecule has 0 bridgehead atoms. The number of aldehydes is 1. The molecule has 4 amide bonds. The number of halogens is 1. The third-order valence-corrected chi connectivity index (χ3v) is 10.1. The number of nitrogens with one attached hydrogen (secondary N) is 2. The monoisotopic (exact) mass is 892 g/mol. The number of para-hydroxylation sites is 3. The van der Waals surface area contributed by atoms with Gasteiger partial charge in [-0.05, 0) is 85.6 Å². The second-order valence-electron chi connectivity index (χ2n) is 14.3. The normalized spacial score (nSPS) is 13.0. The van der Waals surface area contributed by atoms with Crippen LogP contribution in [0.1, 0.15) is 60.7 Å². The van der Waals surface area contributed by atoms with E-state index in [2.05, 4.69) is 10.6 Å². The lowest BCUT2D eigenvalue weighted by atomic mass is 10.1. The molecule has 13 nitrogen and oxygen atoms in total. The summed E-state index contributed by atoms with van der Waals surface area (Å²) in [5, 5.41) is 3.96. The number of benzene rings is 6. The molecule has 330 valence electrons. The molecule has 1 heterocycles. The average molecular weight is 893 g/mol. The van der Waals surface area contributed by atoms with Crippen molar-refractivity contribution in [3.8, 4) is 5.75 Å². The van der Waals surface area contributed by atoms with Crippen LogP contribution in [0, 0.1) is 5.92 Å². The summed E-state index contributed by atoms with van der Waals surface area (Å²) >= 11 is 5.95. The van der Waals surface area contributed by atoms with Gasteiger partial charge in [0.2, 0.25) is 5.91 Å². The Bertz CT molecular complexity index is 2560. The van der Waals surface area contributed by atoms with E-state index in [-0.39, 0.29) is 35.0 Å². The van der Waals surface area contributed by atoms with Crippen LogP contribution in [0.15, 0.2) is 170 Å². The lowest BCUT2D eigenvalue weighted by Crippen LogP contribution is -2.52. The summed E-state index contributed by atoms with van der Waals surface area (Å²) in [5.74, 6) is -3.02. The number of fused-ring (bicyclic) bond motifs is 1. The fraction of sp³-hybridized carbons (Fsp3) is 0.137. The number of ketones is 3. The third-order valence-electron chi connectivity index (χ3n) is 9.66. The summed E-state index contributed by atoms with van der Waals surface area (Å²) in [7, 11) is 1.54. The molecule has 2 unspecified atom stereocenters. The SMILES string of the molecule is COc1ccc(C(=O)C(Cl)C(=O)Nc2ccccc2)cc1.Nc1ccccc1.O=C(Nc1ccccc1)C(C(=O)C1CC1)N1C(=O)c2ccccc2C1=O.O=CCC(=O)c1ccccc1. The maximum absolute atomic E-state index is 12.8. The van der Waals surface area contributed by atoms with Gasteiger partial charge in [-0.1, -0.05) is 97.1 Å². The number of carbonyl (C=O) groups is 8. The van der Waals surface area contributed by atoms with E-state index in [1.165, 1.54) is 19.2 Å². The van der Waals surface area contributed by atoms with Crippen molar-refractivity contribution in [3.05, 3.63) is 192 Å². The number of imide groups is 1. The van der Waals surface area contributed by atoms with Crippen molar-refractivity contribution in [2.45, 2.75) is 30.7 Å². The molecule has 65 heavy (non-hydrogen) atoms. The van der Waals surface area contributed by atoms with Gasteiger partial charge in [-0.3, -0.25) is 38.5 Å². The minimum absolute atomic E-state index is 0.0238. The van der Waals surface area contributed by atoms with Crippen LogP contribution in [0.2, 0.25) is 0 Å². The predicted octanol–water partition coefficient (Wildman–Crippen LogP) is 8.12. The molecule has 1 fully saturated rings. The number of hydrogen-bond acceptors (Lipinski definition) is 10. The first-order valence-corrected chi connectivity index (χ1v) is 20.7. The molecule has 6 aromatic rings. The lowest BCUT2D eigenvalue weighted by Gasteiger charge is -2.24. The molecule has 0 aromatic heterocycles. The molecule has 8 rings (SSSR count). The van der Waals surface area contributed by atoms with Gasteiger partial charge in [0.15, 0.2) is 28.8 Å². The lowest BCUT2D eigenvalue weighted by molar-refractivity contribution is -0.132. The van der Waals surface area contributed by atoms with Crippen LogP contribution in [0.5, 0.6) is 5.75 Å². The molecule has 2 atom stereocenters. The first-order valence-electron chi connectivity index (χ1n) is 20.3. The number of rotatable bonds is 13. The standard InChI is InChI=1S/C20H16N2O4.C16H14ClNO3.C9H8O2.C6H7N/c23-17(12-10-11-12)16(18(24)21-13-6-2-1-3-7-13)22-19(25)14-8-4-5-9-15(14)20(22)26;1-21-13-9-7-11(8-10-13)15(19)14(17)16(20)18-12-5-3-2-4-6-12;10-7-6-9(11)8-4-2-1-3-5-8;7-6-4-2-1-3-5-6/h1-9,12,16H,10-11H2,(H,21,24);2-10,14H,1H3,(H,18,20);1-5,7H,6H2;1-5H,7H2. The highest BCUT2D eigenvalue weighted by atomic mass is 35.5. The van der Waals surface area contributed by atoms with Crippen molar-refractivity contribution >= 4 is 75.9 Å². The zero-order valence-corrected chi connectivity index (χ0v) is 35.9. The Hall–Kier alpha value is -8.03. The fourth-order valence-corrected chi connectivity index (χ4v) is 6.34. The number of nitrogen functional groups attached to an aromatic ring is 1. The Labute approximate surface area is 380 Å². The molecular weight excluding hydrogens is 848 g/mol. The van der Waals surface area contributed by atoms with Crippen molar-refractivity contribution < 1.29 is 43.1 Å². The molecule has 1 aliphatic heterocycles. The van der Waals surface area contributed by atoms with Gasteiger partial charge < -0.3 is 25.9 Å². The molecule has 14 heteroatoms. The van der Waals surface area contributed by atoms with Crippen molar-refractivity contribution in [3.63, 3.8) is 0 Å². The minimum Gasteiger partial charge on any atom is -0.497 e. The Morgan fingerprint density at radius 2 is 1.09 bits per heavy atom. The Morgan fingerprint density at radius 3 is 1.52 bits per heavy atom. The predicted molar refractivity (Wildman–Crippen MR) is 248 cm³/mol. The number of anilines is 3. The highest BCUT2D eigenvalue weighted by molar-refractivity contribution is 6.45. The number of methoxy groups -OCH3 is 1. The zero-order valence-electron chi connectivity index (χ0n) is 35.2. The van der Waals surface area contributed by atoms with Gasteiger partial charge in [-0.25, -0.2) is 0 Å². The third kappa shape index (κ3) is 13.7. The molecule has 1 aliphatic carbocycles. The molecule has 4 N–H and O–H groups in total. The second-order valence-corrected chi connectivity index (χ2v) is 14.8. The quantitative estimate of drug-likeness (QED) is 0.0254. The van der Waals surface area contributed by atoms with Crippen molar-refractivity contribution in [1.29, 1.82) is 0 Å². The molecular formula is C51H45ClN4O9. The van der Waals surface area contributed by atoms with Crippen molar-refractivity contribution in [1.82, 2.24) is 4.90 Å². The van der Waals surface area contributed by atoms with Gasteiger partial charge in [-0.15, -0.1) is 11.6 Å². The number of nitrogens with zero attached hydrogens (tertiary/aromatic N) is 1. The number of ether oxygens (including phenoxy) is 1. The van der Waals surface area contributed by atoms with Gasteiger partial charge in [0.05, 0.1) is 24.7 Å². The van der Waals surface area contributed by atoms with Gasteiger partial charge in [0, 0.05) is 34.1 Å². The van der Waals surface area contributed by atoms with E-state index in [1.54, 1.807) is 115 Å².